The second-order valence-corrected chi connectivity index (χ2v) is 7.16. The number of hydrogen-bond acceptors (Lipinski definition) is 4. The molecule has 0 aromatic carbocycles. The molecule has 0 N–H and O–H groups in total. The molecule has 5 heteroatoms. The fourth-order valence-corrected chi connectivity index (χ4v) is 3.81. The van der Waals surface area contributed by atoms with Crippen molar-refractivity contribution in [3.8, 4) is 0 Å². The zero-order chi connectivity index (χ0) is 13.4. The maximum atomic E-state index is 12.4. The van der Waals surface area contributed by atoms with Crippen molar-refractivity contribution >= 4 is 28.7 Å². The zero-order valence-corrected chi connectivity index (χ0v) is 12.7. The average Bonchev–Trinajstić information content (AvgIpc) is 3.19. The Bertz CT molecular complexity index is 464. The smallest absolute Gasteiger partial charge is 0.189 e. The average molecular weight is 299 g/mol. The summed E-state index contributed by atoms with van der Waals surface area (Å²) in [6, 6.07) is 4.45. The number of hydrogen-bond donors (Lipinski definition) is 0. The Labute approximate surface area is 123 Å². The van der Waals surface area contributed by atoms with Crippen LogP contribution in [0.4, 0.5) is 0 Å². The number of Topliss-reactive ketones (excluding diaryl/α,β-unsaturated/α-hetero) is 1. The second-order valence-electron chi connectivity index (χ2n) is 5.45. The maximum absolute atomic E-state index is 12.4. The summed E-state index contributed by atoms with van der Waals surface area (Å²) in [6.07, 6.45) is 2.73. The molecular weight excluding hydrogens is 280 g/mol. The lowest BCUT2D eigenvalue weighted by Crippen LogP contribution is -2.52. The van der Waals surface area contributed by atoms with E-state index < -0.39 is 0 Å². The van der Waals surface area contributed by atoms with Gasteiger partial charge in [-0.2, -0.15) is 0 Å². The van der Waals surface area contributed by atoms with Crippen LogP contribution in [0.3, 0.4) is 0 Å². The topological polar surface area (TPSA) is 23.6 Å². The van der Waals surface area contributed by atoms with E-state index >= 15 is 0 Å². The van der Waals surface area contributed by atoms with Crippen molar-refractivity contribution in [1.29, 1.82) is 0 Å². The monoisotopic (exact) mass is 298 g/mol. The molecule has 2 aliphatic rings. The molecule has 1 saturated heterocycles. The molecule has 2 heterocycles. The van der Waals surface area contributed by atoms with Crippen LogP contribution in [0, 0.1) is 0 Å². The number of ketones is 1. The largest absolute Gasteiger partial charge is 0.298 e. The van der Waals surface area contributed by atoms with E-state index in [-0.39, 0.29) is 11.8 Å². The Morgan fingerprint density at radius 3 is 2.53 bits per heavy atom. The van der Waals surface area contributed by atoms with Crippen LogP contribution in [0.1, 0.15) is 29.4 Å². The molecule has 0 spiro atoms. The highest BCUT2D eigenvalue weighted by molar-refractivity contribution is 7.18. The molecule has 0 bridgehead atoms. The van der Waals surface area contributed by atoms with E-state index in [4.69, 9.17) is 11.6 Å². The summed E-state index contributed by atoms with van der Waals surface area (Å²) >= 11 is 7.28. The van der Waals surface area contributed by atoms with Crippen molar-refractivity contribution in [2.45, 2.75) is 31.8 Å². The summed E-state index contributed by atoms with van der Waals surface area (Å²) in [7, 11) is 0. The van der Waals surface area contributed by atoms with Crippen molar-refractivity contribution in [2.24, 2.45) is 0 Å². The quantitative estimate of drug-likeness (QED) is 0.799. The Balaban J connectivity index is 1.58. The van der Waals surface area contributed by atoms with Gasteiger partial charge in [0, 0.05) is 32.2 Å². The third-order valence-corrected chi connectivity index (χ3v) is 5.40. The van der Waals surface area contributed by atoms with Gasteiger partial charge in [0.15, 0.2) is 5.78 Å². The van der Waals surface area contributed by atoms with Gasteiger partial charge in [0.2, 0.25) is 0 Å². The number of carbonyl (C=O) groups excluding carboxylic acids is 1. The molecule has 1 aromatic heterocycles. The molecule has 19 heavy (non-hydrogen) atoms. The van der Waals surface area contributed by atoms with Crippen molar-refractivity contribution in [3.63, 3.8) is 0 Å². The predicted molar refractivity (Wildman–Crippen MR) is 79.3 cm³/mol. The molecule has 0 amide bonds. The molecular formula is C14H19ClN2OS. The highest BCUT2D eigenvalue weighted by Gasteiger charge is 2.33. The van der Waals surface area contributed by atoms with Crippen molar-refractivity contribution in [2.75, 3.05) is 26.2 Å². The summed E-state index contributed by atoms with van der Waals surface area (Å²) in [4.78, 5) is 18.0. The van der Waals surface area contributed by atoms with Crippen LogP contribution < -0.4 is 0 Å². The van der Waals surface area contributed by atoms with Gasteiger partial charge in [0.1, 0.15) is 0 Å². The van der Waals surface area contributed by atoms with Gasteiger partial charge in [0.05, 0.1) is 15.3 Å². The first-order chi connectivity index (χ1) is 9.15. The van der Waals surface area contributed by atoms with E-state index in [0.717, 1.165) is 37.1 Å². The summed E-state index contributed by atoms with van der Waals surface area (Å²) in [5, 5.41) is 0. The molecule has 1 aliphatic carbocycles. The van der Waals surface area contributed by atoms with Gasteiger partial charge >= 0.3 is 0 Å². The van der Waals surface area contributed by atoms with Crippen LogP contribution in [-0.2, 0) is 0 Å². The van der Waals surface area contributed by atoms with Gasteiger partial charge in [-0.1, -0.05) is 11.6 Å². The van der Waals surface area contributed by atoms with Crippen LogP contribution in [0.5, 0.6) is 0 Å². The van der Waals surface area contributed by atoms with E-state index in [9.17, 15) is 4.79 Å². The van der Waals surface area contributed by atoms with Crippen LogP contribution in [0.15, 0.2) is 12.1 Å². The third kappa shape index (κ3) is 3.02. The SMILES string of the molecule is CC(C(=O)c1ccc(Cl)s1)N1CCN(C2CC2)CC1. The fourth-order valence-electron chi connectivity index (χ4n) is 2.75. The van der Waals surface area contributed by atoms with E-state index in [1.165, 1.54) is 24.2 Å². The molecule has 1 saturated carbocycles. The van der Waals surface area contributed by atoms with Gasteiger partial charge in [-0.3, -0.25) is 14.6 Å². The van der Waals surface area contributed by atoms with Crippen LogP contribution in [0.25, 0.3) is 0 Å². The molecule has 0 radical (unpaired) electrons. The minimum Gasteiger partial charge on any atom is -0.298 e. The highest BCUT2D eigenvalue weighted by Crippen LogP contribution is 2.28. The minimum absolute atomic E-state index is 0.0314. The molecule has 1 unspecified atom stereocenters. The number of nitrogens with zero attached hydrogens (tertiary/aromatic N) is 2. The van der Waals surface area contributed by atoms with Gasteiger partial charge in [0.25, 0.3) is 0 Å². The van der Waals surface area contributed by atoms with Gasteiger partial charge in [-0.05, 0) is 31.9 Å². The van der Waals surface area contributed by atoms with Crippen molar-refractivity contribution in [3.05, 3.63) is 21.3 Å². The number of carbonyl (C=O) groups is 1. The summed E-state index contributed by atoms with van der Waals surface area (Å²) in [6.45, 7) is 6.23. The summed E-state index contributed by atoms with van der Waals surface area (Å²) < 4.78 is 0.689. The number of halogens is 1. The Kier molecular flexibility index (Phi) is 3.94. The number of rotatable bonds is 4. The van der Waals surface area contributed by atoms with Crippen LogP contribution in [-0.4, -0.2) is 53.8 Å². The molecule has 1 aromatic rings. The van der Waals surface area contributed by atoms with Crippen molar-refractivity contribution < 1.29 is 4.79 Å². The first kappa shape index (κ1) is 13.6. The summed E-state index contributed by atoms with van der Waals surface area (Å²) in [5.74, 6) is 0.205. The molecule has 3 rings (SSSR count). The highest BCUT2D eigenvalue weighted by atomic mass is 35.5. The minimum atomic E-state index is -0.0314. The molecule has 104 valence electrons. The van der Waals surface area contributed by atoms with Gasteiger partial charge in [-0.15, -0.1) is 11.3 Å². The Morgan fingerprint density at radius 2 is 2.00 bits per heavy atom. The normalized spacial score (nSPS) is 23.5. The molecule has 3 nitrogen and oxygen atoms in total. The first-order valence-electron chi connectivity index (χ1n) is 6.93. The lowest BCUT2D eigenvalue weighted by Gasteiger charge is -2.37. The van der Waals surface area contributed by atoms with E-state index in [0.29, 0.717) is 4.34 Å². The molecule has 2 fully saturated rings. The standard InChI is InChI=1S/C14H19ClN2OS/c1-10(14(18)12-4-5-13(15)19-12)16-6-8-17(9-7-16)11-2-3-11/h4-5,10-11H,2-3,6-9H2,1H3. The fraction of sp³-hybridized carbons (Fsp3) is 0.643. The maximum Gasteiger partial charge on any atom is 0.189 e. The summed E-state index contributed by atoms with van der Waals surface area (Å²) in [5.41, 5.74) is 0. The van der Waals surface area contributed by atoms with Gasteiger partial charge in [-0.25, -0.2) is 0 Å². The zero-order valence-electron chi connectivity index (χ0n) is 11.1. The molecule has 1 atom stereocenters. The Morgan fingerprint density at radius 1 is 1.32 bits per heavy atom. The third-order valence-electron chi connectivity index (χ3n) is 4.16. The number of piperazine rings is 1. The predicted octanol–water partition coefficient (Wildman–Crippen LogP) is 2.75. The number of thiophene rings is 1. The van der Waals surface area contributed by atoms with Crippen LogP contribution in [0.2, 0.25) is 4.34 Å². The van der Waals surface area contributed by atoms with E-state index in [1.807, 2.05) is 13.0 Å². The molecule has 1 aliphatic heterocycles. The van der Waals surface area contributed by atoms with Gasteiger partial charge < -0.3 is 0 Å². The van der Waals surface area contributed by atoms with Crippen molar-refractivity contribution in [1.82, 2.24) is 9.80 Å². The lowest BCUT2D eigenvalue weighted by molar-refractivity contribution is 0.0690. The van der Waals surface area contributed by atoms with Crippen LogP contribution >= 0.6 is 22.9 Å². The Hall–Kier alpha value is -0.420. The van der Waals surface area contributed by atoms with E-state index in [2.05, 4.69) is 9.80 Å². The van der Waals surface area contributed by atoms with E-state index in [1.54, 1.807) is 6.07 Å². The first-order valence-corrected chi connectivity index (χ1v) is 8.12. The second kappa shape index (κ2) is 5.52. The lowest BCUT2D eigenvalue weighted by atomic mass is 10.1.